The summed E-state index contributed by atoms with van der Waals surface area (Å²) in [5, 5.41) is 6.28. The van der Waals surface area contributed by atoms with Crippen LogP contribution in [-0.4, -0.2) is 29.9 Å². The Balaban J connectivity index is 1.99. The van der Waals surface area contributed by atoms with E-state index in [1.54, 1.807) is 0 Å². The normalized spacial score (nSPS) is 11.2. The molecule has 140 valence electrons. The standard InChI is InChI=1S/C22H31N3O/c1-5-23-15-19-8-7-9-21(14-19)24-22(26)20-12-10-18(11-13-20)16-25(6-2)17(3)4/h7-14,17,23H,5-6,15-16H2,1-4H3,(H,24,26). The van der Waals surface area contributed by atoms with Crippen molar-refractivity contribution < 1.29 is 4.79 Å². The first-order valence-corrected chi connectivity index (χ1v) is 9.47. The minimum Gasteiger partial charge on any atom is -0.322 e. The summed E-state index contributed by atoms with van der Waals surface area (Å²) < 4.78 is 0. The van der Waals surface area contributed by atoms with E-state index in [1.807, 2.05) is 42.5 Å². The van der Waals surface area contributed by atoms with Crippen LogP contribution in [0, 0.1) is 0 Å². The second-order valence-corrected chi connectivity index (χ2v) is 6.79. The summed E-state index contributed by atoms with van der Waals surface area (Å²) in [5.74, 6) is -0.0756. The number of hydrogen-bond donors (Lipinski definition) is 2. The maximum Gasteiger partial charge on any atom is 0.255 e. The summed E-state index contributed by atoms with van der Waals surface area (Å²) in [6.07, 6.45) is 0. The van der Waals surface area contributed by atoms with E-state index in [1.165, 1.54) is 5.56 Å². The lowest BCUT2D eigenvalue weighted by atomic mass is 10.1. The quantitative estimate of drug-likeness (QED) is 0.707. The van der Waals surface area contributed by atoms with Gasteiger partial charge in [-0.25, -0.2) is 0 Å². The number of rotatable bonds is 9. The van der Waals surface area contributed by atoms with Crippen LogP contribution in [0.25, 0.3) is 0 Å². The predicted octanol–water partition coefficient (Wildman–Crippen LogP) is 4.28. The first-order valence-electron chi connectivity index (χ1n) is 9.47. The third-order valence-electron chi connectivity index (χ3n) is 4.50. The number of amides is 1. The van der Waals surface area contributed by atoms with Gasteiger partial charge in [0.2, 0.25) is 0 Å². The third kappa shape index (κ3) is 5.97. The van der Waals surface area contributed by atoms with Crippen molar-refractivity contribution in [2.75, 3.05) is 18.4 Å². The van der Waals surface area contributed by atoms with E-state index in [9.17, 15) is 4.79 Å². The van der Waals surface area contributed by atoms with Crippen LogP contribution in [0.4, 0.5) is 5.69 Å². The zero-order chi connectivity index (χ0) is 18.9. The van der Waals surface area contributed by atoms with Gasteiger partial charge < -0.3 is 10.6 Å². The molecular weight excluding hydrogens is 322 g/mol. The molecule has 0 fully saturated rings. The molecule has 4 heteroatoms. The number of hydrogen-bond acceptors (Lipinski definition) is 3. The lowest BCUT2D eigenvalue weighted by Crippen LogP contribution is -2.29. The predicted molar refractivity (Wildman–Crippen MR) is 109 cm³/mol. The highest BCUT2D eigenvalue weighted by molar-refractivity contribution is 6.04. The van der Waals surface area contributed by atoms with Crippen molar-refractivity contribution in [1.82, 2.24) is 10.2 Å². The van der Waals surface area contributed by atoms with Crippen LogP contribution in [0.2, 0.25) is 0 Å². The van der Waals surface area contributed by atoms with Gasteiger partial charge in [0.15, 0.2) is 0 Å². The first-order chi connectivity index (χ1) is 12.5. The van der Waals surface area contributed by atoms with Gasteiger partial charge >= 0.3 is 0 Å². The molecule has 0 spiro atoms. The fourth-order valence-electron chi connectivity index (χ4n) is 2.89. The van der Waals surface area contributed by atoms with E-state index in [4.69, 9.17) is 0 Å². The molecule has 0 saturated heterocycles. The van der Waals surface area contributed by atoms with Gasteiger partial charge in [-0.15, -0.1) is 0 Å². The zero-order valence-electron chi connectivity index (χ0n) is 16.4. The molecule has 0 aliphatic heterocycles. The SMILES string of the molecule is CCNCc1cccc(NC(=O)c2ccc(CN(CC)C(C)C)cc2)c1. The number of carbonyl (C=O) groups excluding carboxylic acids is 1. The lowest BCUT2D eigenvalue weighted by molar-refractivity contribution is 0.102. The van der Waals surface area contributed by atoms with Gasteiger partial charge in [-0.1, -0.05) is 38.1 Å². The van der Waals surface area contributed by atoms with E-state index in [0.717, 1.165) is 37.4 Å². The average Bonchev–Trinajstić information content (AvgIpc) is 2.65. The highest BCUT2D eigenvalue weighted by atomic mass is 16.1. The van der Waals surface area contributed by atoms with Gasteiger partial charge in [0, 0.05) is 30.4 Å². The summed E-state index contributed by atoms with van der Waals surface area (Å²) in [5.41, 5.74) is 3.89. The molecule has 0 radical (unpaired) electrons. The van der Waals surface area contributed by atoms with Crippen molar-refractivity contribution in [1.29, 1.82) is 0 Å². The highest BCUT2D eigenvalue weighted by Gasteiger charge is 2.10. The summed E-state index contributed by atoms with van der Waals surface area (Å²) >= 11 is 0. The molecule has 0 aromatic heterocycles. The number of benzene rings is 2. The fraction of sp³-hybridized carbons (Fsp3) is 0.409. The van der Waals surface area contributed by atoms with Crippen molar-refractivity contribution in [3.8, 4) is 0 Å². The Morgan fingerprint density at radius 3 is 2.38 bits per heavy atom. The van der Waals surface area contributed by atoms with Gasteiger partial charge in [-0.05, 0) is 62.3 Å². The Labute approximate surface area is 157 Å². The molecule has 0 aliphatic rings. The van der Waals surface area contributed by atoms with Crippen LogP contribution in [0.5, 0.6) is 0 Å². The lowest BCUT2D eigenvalue weighted by Gasteiger charge is -2.24. The Morgan fingerprint density at radius 1 is 1.04 bits per heavy atom. The Bertz CT molecular complexity index is 695. The highest BCUT2D eigenvalue weighted by Crippen LogP contribution is 2.14. The number of nitrogens with one attached hydrogen (secondary N) is 2. The molecule has 2 aromatic carbocycles. The minimum absolute atomic E-state index is 0.0756. The monoisotopic (exact) mass is 353 g/mol. The molecule has 2 rings (SSSR count). The van der Waals surface area contributed by atoms with Gasteiger partial charge in [0.1, 0.15) is 0 Å². The molecule has 0 heterocycles. The number of anilines is 1. The summed E-state index contributed by atoms with van der Waals surface area (Å²) in [6.45, 7) is 12.3. The van der Waals surface area contributed by atoms with Crippen molar-refractivity contribution in [3.63, 3.8) is 0 Å². The summed E-state index contributed by atoms with van der Waals surface area (Å²) in [7, 11) is 0. The van der Waals surface area contributed by atoms with Gasteiger partial charge in [-0.2, -0.15) is 0 Å². The second-order valence-electron chi connectivity index (χ2n) is 6.79. The van der Waals surface area contributed by atoms with Crippen LogP contribution in [-0.2, 0) is 13.1 Å². The topological polar surface area (TPSA) is 44.4 Å². The van der Waals surface area contributed by atoms with Gasteiger partial charge in [-0.3, -0.25) is 9.69 Å². The van der Waals surface area contributed by atoms with Crippen LogP contribution in [0.3, 0.4) is 0 Å². The van der Waals surface area contributed by atoms with Crippen molar-refractivity contribution in [2.24, 2.45) is 0 Å². The minimum atomic E-state index is -0.0756. The van der Waals surface area contributed by atoms with Crippen LogP contribution in [0.1, 0.15) is 49.2 Å². The smallest absolute Gasteiger partial charge is 0.255 e. The van der Waals surface area contributed by atoms with Crippen LogP contribution >= 0.6 is 0 Å². The maximum absolute atomic E-state index is 12.5. The Kier molecular flexibility index (Phi) is 7.82. The average molecular weight is 354 g/mol. The van der Waals surface area contributed by atoms with E-state index < -0.39 is 0 Å². The molecule has 0 aliphatic carbocycles. The third-order valence-corrected chi connectivity index (χ3v) is 4.50. The van der Waals surface area contributed by atoms with Gasteiger partial charge in [0.05, 0.1) is 0 Å². The molecule has 4 nitrogen and oxygen atoms in total. The molecule has 26 heavy (non-hydrogen) atoms. The van der Waals surface area contributed by atoms with E-state index in [2.05, 4.69) is 49.3 Å². The summed E-state index contributed by atoms with van der Waals surface area (Å²) in [4.78, 5) is 14.9. The molecule has 1 amide bonds. The molecule has 0 atom stereocenters. The number of carbonyl (C=O) groups is 1. The van der Waals surface area contributed by atoms with Crippen molar-refractivity contribution >= 4 is 11.6 Å². The molecule has 0 unspecified atom stereocenters. The zero-order valence-corrected chi connectivity index (χ0v) is 16.4. The van der Waals surface area contributed by atoms with E-state index >= 15 is 0 Å². The molecular formula is C22H31N3O. The largest absolute Gasteiger partial charge is 0.322 e. The molecule has 0 bridgehead atoms. The van der Waals surface area contributed by atoms with E-state index in [-0.39, 0.29) is 5.91 Å². The molecule has 2 aromatic rings. The summed E-state index contributed by atoms with van der Waals surface area (Å²) in [6, 6.07) is 16.4. The number of nitrogens with zero attached hydrogens (tertiary/aromatic N) is 1. The van der Waals surface area contributed by atoms with Crippen LogP contribution < -0.4 is 10.6 Å². The maximum atomic E-state index is 12.5. The van der Waals surface area contributed by atoms with Crippen molar-refractivity contribution in [3.05, 3.63) is 65.2 Å². The molecule has 2 N–H and O–H groups in total. The Morgan fingerprint density at radius 2 is 1.77 bits per heavy atom. The second kappa shape index (κ2) is 10.1. The van der Waals surface area contributed by atoms with Crippen molar-refractivity contribution in [2.45, 2.75) is 46.8 Å². The fourth-order valence-corrected chi connectivity index (χ4v) is 2.89. The first kappa shape index (κ1) is 20.1. The van der Waals surface area contributed by atoms with Crippen LogP contribution in [0.15, 0.2) is 48.5 Å². The molecule has 0 saturated carbocycles. The van der Waals surface area contributed by atoms with Gasteiger partial charge in [0.25, 0.3) is 5.91 Å². The Hall–Kier alpha value is -2.17. The van der Waals surface area contributed by atoms with E-state index in [0.29, 0.717) is 11.6 Å².